The van der Waals surface area contributed by atoms with Crippen LogP contribution in [0.3, 0.4) is 0 Å². The SMILES string of the molecule is CCc1ccccc1NC(=O)CNS(=O)(=O)c1ccc(OC(F)(F)F)cc1. The van der Waals surface area contributed by atoms with E-state index in [2.05, 4.69) is 14.8 Å². The molecule has 0 saturated heterocycles. The number of carbonyl (C=O) groups is 1. The lowest BCUT2D eigenvalue weighted by Gasteiger charge is -2.11. The molecule has 0 aromatic heterocycles. The standard InChI is InChI=1S/C17H17F3N2O4S/c1-2-12-5-3-4-6-15(12)22-16(23)11-21-27(24,25)14-9-7-13(8-10-14)26-17(18,19)20/h3-10,21H,2,11H2,1H3,(H,22,23). The third kappa shape index (κ3) is 6.26. The average Bonchev–Trinajstić information content (AvgIpc) is 2.60. The van der Waals surface area contributed by atoms with Gasteiger partial charge in [0.25, 0.3) is 0 Å². The molecule has 2 aromatic carbocycles. The van der Waals surface area contributed by atoms with Crippen LogP contribution in [0, 0.1) is 0 Å². The van der Waals surface area contributed by atoms with Crippen LogP contribution in [-0.4, -0.2) is 27.2 Å². The van der Waals surface area contributed by atoms with E-state index < -0.39 is 34.6 Å². The van der Waals surface area contributed by atoms with Crippen LogP contribution < -0.4 is 14.8 Å². The van der Waals surface area contributed by atoms with Crippen molar-refractivity contribution in [2.24, 2.45) is 0 Å². The zero-order chi connectivity index (χ0) is 20.1. The van der Waals surface area contributed by atoms with E-state index in [0.717, 1.165) is 29.8 Å². The second-order valence-corrected chi connectivity index (χ2v) is 7.17. The molecule has 0 fully saturated rings. The van der Waals surface area contributed by atoms with Crippen LogP contribution in [0.15, 0.2) is 53.4 Å². The number of nitrogens with one attached hydrogen (secondary N) is 2. The highest BCUT2D eigenvalue weighted by Crippen LogP contribution is 2.23. The summed E-state index contributed by atoms with van der Waals surface area (Å²) in [6, 6.07) is 10.8. The van der Waals surface area contributed by atoms with E-state index in [9.17, 15) is 26.4 Å². The number of para-hydroxylation sites is 1. The maximum Gasteiger partial charge on any atom is 0.573 e. The van der Waals surface area contributed by atoms with Gasteiger partial charge in [0.05, 0.1) is 11.4 Å². The van der Waals surface area contributed by atoms with Crippen molar-refractivity contribution in [2.75, 3.05) is 11.9 Å². The second-order valence-electron chi connectivity index (χ2n) is 5.40. The Labute approximate surface area is 154 Å². The van der Waals surface area contributed by atoms with Gasteiger partial charge in [-0.05, 0) is 42.3 Å². The Bertz CT molecular complexity index is 897. The summed E-state index contributed by atoms with van der Waals surface area (Å²) in [5.74, 6) is -1.12. The quantitative estimate of drug-likeness (QED) is 0.746. The largest absolute Gasteiger partial charge is 0.573 e. The van der Waals surface area contributed by atoms with Gasteiger partial charge in [0, 0.05) is 5.69 Å². The van der Waals surface area contributed by atoms with Gasteiger partial charge in [0.2, 0.25) is 15.9 Å². The summed E-state index contributed by atoms with van der Waals surface area (Å²) in [6.07, 6.45) is -4.18. The van der Waals surface area contributed by atoms with Crippen LogP contribution in [0.2, 0.25) is 0 Å². The molecule has 146 valence electrons. The van der Waals surface area contributed by atoms with E-state index in [4.69, 9.17) is 0 Å². The number of halogens is 3. The molecule has 0 atom stereocenters. The predicted octanol–water partition coefficient (Wildman–Crippen LogP) is 3.06. The predicted molar refractivity (Wildman–Crippen MR) is 92.8 cm³/mol. The highest BCUT2D eigenvalue weighted by atomic mass is 32.2. The Hall–Kier alpha value is -2.59. The smallest absolute Gasteiger partial charge is 0.406 e. The lowest BCUT2D eigenvalue weighted by atomic mass is 10.1. The molecule has 2 aromatic rings. The number of alkyl halides is 3. The van der Waals surface area contributed by atoms with E-state index in [0.29, 0.717) is 12.1 Å². The summed E-state index contributed by atoms with van der Waals surface area (Å²) in [6.45, 7) is 1.39. The maximum atomic E-state index is 12.2. The van der Waals surface area contributed by atoms with Crippen LogP contribution in [0.4, 0.5) is 18.9 Å². The number of hydrogen-bond acceptors (Lipinski definition) is 4. The van der Waals surface area contributed by atoms with Gasteiger partial charge in [-0.3, -0.25) is 4.79 Å². The number of carbonyl (C=O) groups excluding carboxylic acids is 1. The summed E-state index contributed by atoms with van der Waals surface area (Å²) >= 11 is 0. The van der Waals surface area contributed by atoms with Gasteiger partial charge in [-0.15, -0.1) is 13.2 Å². The molecular weight excluding hydrogens is 385 g/mol. The molecule has 0 aliphatic carbocycles. The number of benzene rings is 2. The van der Waals surface area contributed by atoms with Crippen molar-refractivity contribution in [3.05, 3.63) is 54.1 Å². The normalized spacial score (nSPS) is 11.9. The fourth-order valence-corrected chi connectivity index (χ4v) is 3.19. The second kappa shape index (κ2) is 8.40. The minimum Gasteiger partial charge on any atom is -0.406 e. The lowest BCUT2D eigenvalue weighted by molar-refractivity contribution is -0.274. The van der Waals surface area contributed by atoms with Crippen molar-refractivity contribution in [3.63, 3.8) is 0 Å². The minimum atomic E-state index is -4.87. The van der Waals surface area contributed by atoms with Crippen LogP contribution in [0.25, 0.3) is 0 Å². The van der Waals surface area contributed by atoms with Crippen LogP contribution in [0.5, 0.6) is 5.75 Å². The molecule has 0 saturated carbocycles. The maximum absolute atomic E-state index is 12.2. The van der Waals surface area contributed by atoms with Crippen LogP contribution in [-0.2, 0) is 21.2 Å². The minimum absolute atomic E-state index is 0.293. The summed E-state index contributed by atoms with van der Waals surface area (Å²) < 4.78 is 66.4. The molecule has 2 N–H and O–H groups in total. The molecule has 0 aliphatic rings. The number of hydrogen-bond donors (Lipinski definition) is 2. The zero-order valence-corrected chi connectivity index (χ0v) is 15.0. The molecule has 6 nitrogen and oxygen atoms in total. The molecule has 1 amide bonds. The fourth-order valence-electron chi connectivity index (χ4n) is 2.21. The summed E-state index contributed by atoms with van der Waals surface area (Å²) in [4.78, 5) is 11.7. The lowest BCUT2D eigenvalue weighted by Crippen LogP contribution is -2.33. The average molecular weight is 402 g/mol. The number of aryl methyl sites for hydroxylation is 1. The third-order valence-corrected chi connectivity index (χ3v) is 4.88. The van der Waals surface area contributed by atoms with Crippen molar-refractivity contribution in [1.82, 2.24) is 4.72 Å². The van der Waals surface area contributed by atoms with Gasteiger partial charge in [0.15, 0.2) is 0 Å². The van der Waals surface area contributed by atoms with E-state index in [1.165, 1.54) is 0 Å². The number of sulfonamides is 1. The number of rotatable bonds is 7. The molecule has 0 unspecified atom stereocenters. The summed E-state index contributed by atoms with van der Waals surface area (Å²) in [5.41, 5.74) is 1.48. The van der Waals surface area contributed by atoms with Crippen molar-refractivity contribution >= 4 is 21.6 Å². The molecule has 0 radical (unpaired) electrons. The van der Waals surface area contributed by atoms with E-state index in [-0.39, 0.29) is 4.90 Å². The molecule has 27 heavy (non-hydrogen) atoms. The molecule has 0 aliphatic heterocycles. The summed E-state index contributed by atoms with van der Waals surface area (Å²) in [5, 5.41) is 2.61. The number of ether oxygens (including phenoxy) is 1. The molecule has 0 heterocycles. The topological polar surface area (TPSA) is 84.5 Å². The first-order valence-electron chi connectivity index (χ1n) is 7.84. The Morgan fingerprint density at radius 3 is 2.30 bits per heavy atom. The highest BCUT2D eigenvalue weighted by molar-refractivity contribution is 7.89. The van der Waals surface area contributed by atoms with E-state index in [1.807, 2.05) is 19.1 Å². The molecule has 2 rings (SSSR count). The highest BCUT2D eigenvalue weighted by Gasteiger charge is 2.31. The fraction of sp³-hybridized carbons (Fsp3) is 0.235. The van der Waals surface area contributed by atoms with Crippen molar-refractivity contribution in [2.45, 2.75) is 24.6 Å². The van der Waals surface area contributed by atoms with Gasteiger partial charge in [-0.2, -0.15) is 0 Å². The van der Waals surface area contributed by atoms with Crippen molar-refractivity contribution < 1.29 is 31.1 Å². The van der Waals surface area contributed by atoms with Gasteiger partial charge < -0.3 is 10.1 Å². The first-order valence-corrected chi connectivity index (χ1v) is 9.32. The molecular formula is C17H17F3N2O4S. The van der Waals surface area contributed by atoms with E-state index in [1.54, 1.807) is 12.1 Å². The Morgan fingerprint density at radius 1 is 1.07 bits per heavy atom. The summed E-state index contributed by atoms with van der Waals surface area (Å²) in [7, 11) is -4.07. The zero-order valence-electron chi connectivity index (χ0n) is 14.2. The first kappa shape index (κ1) is 20.7. The van der Waals surface area contributed by atoms with Gasteiger partial charge in [0.1, 0.15) is 5.75 Å². The first-order chi connectivity index (χ1) is 12.6. The third-order valence-electron chi connectivity index (χ3n) is 3.46. The van der Waals surface area contributed by atoms with Crippen molar-refractivity contribution in [3.8, 4) is 5.75 Å². The Morgan fingerprint density at radius 2 is 1.70 bits per heavy atom. The number of amides is 1. The molecule has 0 bridgehead atoms. The number of anilines is 1. The van der Waals surface area contributed by atoms with Crippen LogP contribution >= 0.6 is 0 Å². The Balaban J connectivity index is 1.98. The van der Waals surface area contributed by atoms with Crippen molar-refractivity contribution in [1.29, 1.82) is 0 Å². The Kier molecular flexibility index (Phi) is 6.45. The molecule has 10 heteroatoms. The van der Waals surface area contributed by atoms with Gasteiger partial charge in [-0.1, -0.05) is 25.1 Å². The van der Waals surface area contributed by atoms with Gasteiger partial charge >= 0.3 is 6.36 Å². The monoisotopic (exact) mass is 402 g/mol. The van der Waals surface area contributed by atoms with Crippen LogP contribution in [0.1, 0.15) is 12.5 Å². The van der Waals surface area contributed by atoms with E-state index >= 15 is 0 Å². The van der Waals surface area contributed by atoms with Gasteiger partial charge in [-0.25, -0.2) is 13.1 Å². The molecule has 0 spiro atoms.